The zero-order valence-corrected chi connectivity index (χ0v) is 15.1. The van der Waals surface area contributed by atoms with E-state index in [2.05, 4.69) is 47.5 Å². The van der Waals surface area contributed by atoms with Crippen molar-refractivity contribution in [3.63, 3.8) is 0 Å². The highest BCUT2D eigenvalue weighted by Gasteiger charge is 2.14. The van der Waals surface area contributed by atoms with Gasteiger partial charge in [-0.15, -0.1) is 11.3 Å². The van der Waals surface area contributed by atoms with Crippen LogP contribution in [0, 0.1) is 6.92 Å². The number of aromatic nitrogens is 4. The van der Waals surface area contributed by atoms with Gasteiger partial charge in [-0.1, -0.05) is 11.2 Å². The van der Waals surface area contributed by atoms with Crippen molar-refractivity contribution in [1.82, 2.24) is 25.2 Å². The highest BCUT2D eigenvalue weighted by atomic mass is 32.1. The summed E-state index contributed by atoms with van der Waals surface area (Å²) in [4.78, 5) is 5.49. The van der Waals surface area contributed by atoms with E-state index in [-0.39, 0.29) is 0 Å². The Morgan fingerprint density at radius 1 is 1.38 bits per heavy atom. The average Bonchev–Trinajstić information content (AvgIpc) is 3.31. The molecule has 3 rings (SSSR count). The van der Waals surface area contributed by atoms with Crippen molar-refractivity contribution in [2.24, 2.45) is 0 Å². The molecule has 1 N–H and O–H groups in total. The van der Waals surface area contributed by atoms with E-state index in [9.17, 15) is 0 Å². The van der Waals surface area contributed by atoms with Gasteiger partial charge in [0.25, 0.3) is 0 Å². The summed E-state index contributed by atoms with van der Waals surface area (Å²) >= 11 is 1.62. The molecule has 3 aromatic heterocycles. The summed E-state index contributed by atoms with van der Waals surface area (Å²) in [6.45, 7) is 7.32. The van der Waals surface area contributed by atoms with Gasteiger partial charge >= 0.3 is 0 Å². The van der Waals surface area contributed by atoms with Gasteiger partial charge in [0, 0.05) is 18.7 Å². The quantitative estimate of drug-likeness (QED) is 0.633. The van der Waals surface area contributed by atoms with Crippen LogP contribution in [0.15, 0.2) is 34.4 Å². The second-order valence-corrected chi connectivity index (χ2v) is 7.02. The van der Waals surface area contributed by atoms with E-state index in [1.807, 2.05) is 28.4 Å². The van der Waals surface area contributed by atoms with Crippen LogP contribution < -0.4 is 5.32 Å². The van der Waals surface area contributed by atoms with Crippen LogP contribution in [0.5, 0.6) is 0 Å². The fraction of sp³-hybridized carbons (Fsp3) is 0.471. The molecule has 0 unspecified atom stereocenters. The molecule has 7 heteroatoms. The minimum Gasteiger partial charge on any atom is -0.339 e. The molecule has 6 nitrogen and oxygen atoms in total. The Kier molecular flexibility index (Phi) is 5.42. The molecule has 0 aliphatic heterocycles. The topological polar surface area (TPSA) is 68.8 Å². The van der Waals surface area contributed by atoms with Gasteiger partial charge in [0.05, 0.1) is 17.1 Å². The van der Waals surface area contributed by atoms with Crippen molar-refractivity contribution in [3.8, 4) is 10.7 Å². The third-order valence-corrected chi connectivity index (χ3v) is 4.98. The zero-order chi connectivity index (χ0) is 16.9. The molecule has 0 amide bonds. The summed E-state index contributed by atoms with van der Waals surface area (Å²) in [6.07, 6.45) is 5.71. The third kappa shape index (κ3) is 4.10. The maximum atomic E-state index is 5.32. The Labute approximate surface area is 145 Å². The Morgan fingerprint density at radius 2 is 2.25 bits per heavy atom. The van der Waals surface area contributed by atoms with Crippen LogP contribution in [0.1, 0.15) is 37.8 Å². The number of hydrogen-bond donors (Lipinski definition) is 1. The van der Waals surface area contributed by atoms with Gasteiger partial charge in [-0.3, -0.25) is 4.68 Å². The largest absolute Gasteiger partial charge is 0.339 e. The van der Waals surface area contributed by atoms with Gasteiger partial charge < -0.3 is 9.84 Å². The lowest BCUT2D eigenvalue weighted by Crippen LogP contribution is -2.34. The van der Waals surface area contributed by atoms with Crippen LogP contribution in [0.25, 0.3) is 10.7 Å². The molecule has 0 aliphatic rings. The highest BCUT2D eigenvalue weighted by Crippen LogP contribution is 2.21. The lowest BCUT2D eigenvalue weighted by Gasteiger charge is -2.21. The Morgan fingerprint density at radius 3 is 2.96 bits per heavy atom. The van der Waals surface area contributed by atoms with E-state index < -0.39 is 0 Å². The second-order valence-electron chi connectivity index (χ2n) is 6.07. The molecule has 0 bridgehead atoms. The smallest absolute Gasteiger partial charge is 0.227 e. The molecule has 0 radical (unpaired) electrons. The minimum atomic E-state index is 0.313. The summed E-state index contributed by atoms with van der Waals surface area (Å²) in [5, 5.41) is 14.0. The molecule has 0 saturated heterocycles. The van der Waals surface area contributed by atoms with Crippen molar-refractivity contribution >= 4 is 11.3 Å². The van der Waals surface area contributed by atoms with Gasteiger partial charge in [0.2, 0.25) is 11.7 Å². The number of nitrogens with zero attached hydrogens (tertiary/aromatic N) is 4. The summed E-state index contributed by atoms with van der Waals surface area (Å²) in [5.41, 5.74) is 1.19. The maximum absolute atomic E-state index is 5.32. The number of nitrogens with one attached hydrogen (secondary N) is 1. The molecule has 3 heterocycles. The van der Waals surface area contributed by atoms with Crippen molar-refractivity contribution in [2.75, 3.05) is 6.54 Å². The van der Waals surface area contributed by atoms with Gasteiger partial charge in [-0.2, -0.15) is 10.1 Å². The van der Waals surface area contributed by atoms with Gasteiger partial charge in [-0.05, 0) is 50.7 Å². The maximum Gasteiger partial charge on any atom is 0.227 e. The first-order chi connectivity index (χ1) is 11.6. The number of rotatable bonds is 8. The highest BCUT2D eigenvalue weighted by molar-refractivity contribution is 7.13. The normalized spacial score (nSPS) is 14.0. The van der Waals surface area contributed by atoms with E-state index in [1.165, 1.54) is 5.56 Å². The molecule has 0 fully saturated rings. The standard InChI is InChI=1S/C17H23N5OS/c1-12-10-19-22(11-12)14(3)13(2)18-8-4-7-16-20-17(21-23-16)15-6-5-9-24-15/h5-6,9-11,13-14,18H,4,7-8H2,1-3H3/t13-,14+/m1/s1. The van der Waals surface area contributed by atoms with Gasteiger partial charge in [-0.25, -0.2) is 0 Å². The van der Waals surface area contributed by atoms with Crippen LogP contribution in [-0.4, -0.2) is 32.5 Å². The van der Waals surface area contributed by atoms with E-state index in [0.717, 1.165) is 24.3 Å². The Hall–Kier alpha value is -1.99. The fourth-order valence-corrected chi connectivity index (χ4v) is 3.14. The number of aryl methyl sites for hydroxylation is 2. The van der Waals surface area contributed by atoms with Gasteiger partial charge in [0.15, 0.2) is 0 Å². The predicted molar refractivity (Wildman–Crippen MR) is 95.1 cm³/mol. The van der Waals surface area contributed by atoms with Gasteiger partial charge in [0.1, 0.15) is 0 Å². The summed E-state index contributed by atoms with van der Waals surface area (Å²) < 4.78 is 7.33. The summed E-state index contributed by atoms with van der Waals surface area (Å²) in [5.74, 6) is 1.38. The molecule has 24 heavy (non-hydrogen) atoms. The zero-order valence-electron chi connectivity index (χ0n) is 14.3. The molecule has 128 valence electrons. The van der Waals surface area contributed by atoms with Crippen molar-refractivity contribution in [2.45, 2.75) is 45.7 Å². The van der Waals surface area contributed by atoms with Crippen LogP contribution in [0.4, 0.5) is 0 Å². The van der Waals surface area contributed by atoms with Crippen LogP contribution in [0.2, 0.25) is 0 Å². The molecule has 3 aromatic rings. The molecule has 0 spiro atoms. The van der Waals surface area contributed by atoms with E-state index in [4.69, 9.17) is 4.52 Å². The summed E-state index contributed by atoms with van der Waals surface area (Å²) in [6, 6.07) is 4.64. The molecule has 0 aromatic carbocycles. The Balaban J connectivity index is 1.42. The molecule has 0 aliphatic carbocycles. The van der Waals surface area contributed by atoms with Crippen LogP contribution >= 0.6 is 11.3 Å². The first-order valence-electron chi connectivity index (χ1n) is 8.24. The lowest BCUT2D eigenvalue weighted by atomic mass is 10.1. The minimum absolute atomic E-state index is 0.313. The fourth-order valence-electron chi connectivity index (χ4n) is 2.49. The first-order valence-corrected chi connectivity index (χ1v) is 9.12. The number of hydrogen-bond acceptors (Lipinski definition) is 6. The van der Waals surface area contributed by atoms with Crippen LogP contribution in [0.3, 0.4) is 0 Å². The van der Waals surface area contributed by atoms with Crippen LogP contribution in [-0.2, 0) is 6.42 Å². The molecular weight excluding hydrogens is 322 g/mol. The molecular formula is C17H23N5OS. The van der Waals surface area contributed by atoms with Crippen molar-refractivity contribution in [1.29, 1.82) is 0 Å². The van der Waals surface area contributed by atoms with E-state index >= 15 is 0 Å². The average molecular weight is 345 g/mol. The number of thiophene rings is 1. The monoisotopic (exact) mass is 345 g/mol. The summed E-state index contributed by atoms with van der Waals surface area (Å²) in [7, 11) is 0. The van der Waals surface area contributed by atoms with Crippen molar-refractivity contribution < 1.29 is 4.52 Å². The lowest BCUT2D eigenvalue weighted by molar-refractivity contribution is 0.353. The second kappa shape index (κ2) is 7.72. The first kappa shape index (κ1) is 16.9. The molecule has 0 saturated carbocycles. The SMILES string of the molecule is Cc1cnn([C@@H](C)[C@@H](C)NCCCc2nc(-c3cccs3)no2)c1. The van der Waals surface area contributed by atoms with Crippen molar-refractivity contribution in [3.05, 3.63) is 41.4 Å². The predicted octanol–water partition coefficient (Wildman–Crippen LogP) is 3.47. The molecule has 2 atom stereocenters. The van der Waals surface area contributed by atoms with E-state index in [1.54, 1.807) is 11.3 Å². The van der Waals surface area contributed by atoms with E-state index in [0.29, 0.717) is 23.8 Å². The third-order valence-electron chi connectivity index (χ3n) is 4.11. The Bertz CT molecular complexity index is 749.